The van der Waals surface area contributed by atoms with Crippen molar-refractivity contribution in [1.82, 2.24) is 9.80 Å². The highest BCUT2D eigenvalue weighted by Crippen LogP contribution is 2.29. The van der Waals surface area contributed by atoms with Crippen molar-refractivity contribution in [2.45, 2.75) is 38.6 Å². The maximum absolute atomic E-state index is 12.0. The quantitative estimate of drug-likeness (QED) is 0.723. The van der Waals surface area contributed by atoms with Crippen molar-refractivity contribution in [2.75, 3.05) is 26.2 Å². The molecule has 0 atom stereocenters. The molecule has 0 unspecified atom stereocenters. The normalized spacial score (nSPS) is 23.0. The number of nitriles is 1. The van der Waals surface area contributed by atoms with E-state index in [1.807, 2.05) is 18.7 Å². The van der Waals surface area contributed by atoms with Gasteiger partial charge < -0.3 is 4.90 Å². The number of hydrogen-bond acceptors (Lipinski definition) is 3. The van der Waals surface area contributed by atoms with Gasteiger partial charge in [0.25, 0.3) is 0 Å². The molecule has 4 nitrogen and oxygen atoms in total. The van der Waals surface area contributed by atoms with Crippen molar-refractivity contribution >= 4 is 5.91 Å². The van der Waals surface area contributed by atoms with E-state index in [1.54, 1.807) is 0 Å². The minimum atomic E-state index is -0.411. The molecule has 1 aliphatic heterocycles. The molecule has 2 fully saturated rings. The summed E-state index contributed by atoms with van der Waals surface area (Å²) in [6.45, 7) is 7.08. The summed E-state index contributed by atoms with van der Waals surface area (Å²) in [5, 5.41) is 9.08. The number of rotatable bonds is 2. The highest BCUT2D eigenvalue weighted by atomic mass is 16.2. The van der Waals surface area contributed by atoms with E-state index in [1.165, 1.54) is 6.42 Å². The number of amides is 1. The largest absolute Gasteiger partial charge is 0.340 e. The number of carbonyl (C=O) groups excluding carboxylic acids is 1. The van der Waals surface area contributed by atoms with Gasteiger partial charge in [0, 0.05) is 32.1 Å². The Morgan fingerprint density at radius 1 is 1.24 bits per heavy atom. The Kier molecular flexibility index (Phi) is 3.39. The van der Waals surface area contributed by atoms with Crippen LogP contribution in [0.2, 0.25) is 0 Å². The lowest BCUT2D eigenvalue weighted by atomic mass is 9.84. The molecule has 2 rings (SSSR count). The molecule has 1 saturated carbocycles. The van der Waals surface area contributed by atoms with Gasteiger partial charge in [-0.15, -0.1) is 0 Å². The summed E-state index contributed by atoms with van der Waals surface area (Å²) in [5.74, 6) is 0.635. The molecule has 0 N–H and O–H groups in total. The standard InChI is InChI=1S/C13H21N3O/c1-13(2,10-14)16-8-6-15(7-9-16)12(17)11-4-3-5-11/h11H,3-9H2,1-2H3. The molecular weight excluding hydrogens is 214 g/mol. The zero-order valence-electron chi connectivity index (χ0n) is 10.8. The average Bonchev–Trinajstić information content (AvgIpc) is 2.27. The van der Waals surface area contributed by atoms with Crippen LogP contribution in [-0.4, -0.2) is 47.4 Å². The van der Waals surface area contributed by atoms with Gasteiger partial charge in [0.1, 0.15) is 5.54 Å². The van der Waals surface area contributed by atoms with E-state index in [4.69, 9.17) is 5.26 Å². The second-order valence-corrected chi connectivity index (χ2v) is 5.61. The van der Waals surface area contributed by atoms with Crippen molar-refractivity contribution in [2.24, 2.45) is 5.92 Å². The van der Waals surface area contributed by atoms with Gasteiger partial charge in [-0.1, -0.05) is 6.42 Å². The molecule has 94 valence electrons. The second-order valence-electron chi connectivity index (χ2n) is 5.61. The van der Waals surface area contributed by atoms with Gasteiger partial charge in [-0.05, 0) is 26.7 Å². The molecule has 1 saturated heterocycles. The fraction of sp³-hybridized carbons (Fsp3) is 0.846. The van der Waals surface area contributed by atoms with Crippen LogP contribution in [0.1, 0.15) is 33.1 Å². The zero-order chi connectivity index (χ0) is 12.5. The van der Waals surface area contributed by atoms with Crippen LogP contribution >= 0.6 is 0 Å². The first-order valence-electron chi connectivity index (χ1n) is 6.50. The third kappa shape index (κ3) is 2.44. The molecule has 0 spiro atoms. The summed E-state index contributed by atoms with van der Waals surface area (Å²) in [6.07, 6.45) is 3.35. The smallest absolute Gasteiger partial charge is 0.225 e. The average molecular weight is 235 g/mol. The molecule has 1 heterocycles. The fourth-order valence-corrected chi connectivity index (χ4v) is 2.47. The minimum absolute atomic E-state index is 0.297. The Hall–Kier alpha value is -1.08. The highest BCUT2D eigenvalue weighted by molar-refractivity contribution is 5.79. The van der Waals surface area contributed by atoms with E-state index in [0.717, 1.165) is 39.0 Å². The van der Waals surface area contributed by atoms with E-state index in [-0.39, 0.29) is 0 Å². The van der Waals surface area contributed by atoms with Crippen LogP contribution in [0.3, 0.4) is 0 Å². The maximum atomic E-state index is 12.0. The predicted molar refractivity (Wildman–Crippen MR) is 65.2 cm³/mol. The first-order valence-corrected chi connectivity index (χ1v) is 6.50. The van der Waals surface area contributed by atoms with E-state index >= 15 is 0 Å². The van der Waals surface area contributed by atoms with Gasteiger partial charge in [-0.25, -0.2) is 0 Å². The summed E-state index contributed by atoms with van der Waals surface area (Å²) < 4.78 is 0. The van der Waals surface area contributed by atoms with Crippen LogP contribution in [0.25, 0.3) is 0 Å². The molecular formula is C13H21N3O. The Balaban J connectivity index is 1.86. The molecule has 4 heteroatoms. The molecule has 0 aromatic rings. The van der Waals surface area contributed by atoms with Crippen molar-refractivity contribution in [3.05, 3.63) is 0 Å². The Morgan fingerprint density at radius 3 is 2.24 bits per heavy atom. The third-order valence-corrected chi connectivity index (χ3v) is 4.11. The lowest BCUT2D eigenvalue weighted by Gasteiger charge is -2.42. The van der Waals surface area contributed by atoms with E-state index < -0.39 is 5.54 Å². The fourth-order valence-electron chi connectivity index (χ4n) is 2.47. The Morgan fingerprint density at radius 2 is 1.82 bits per heavy atom. The van der Waals surface area contributed by atoms with Gasteiger partial charge in [0.2, 0.25) is 5.91 Å². The van der Waals surface area contributed by atoms with Gasteiger partial charge in [0.05, 0.1) is 6.07 Å². The molecule has 0 aromatic heterocycles. The molecule has 1 aliphatic carbocycles. The zero-order valence-corrected chi connectivity index (χ0v) is 10.8. The van der Waals surface area contributed by atoms with Crippen molar-refractivity contribution in [3.63, 3.8) is 0 Å². The predicted octanol–water partition coefficient (Wildman–Crippen LogP) is 1.23. The first kappa shape index (κ1) is 12.4. The molecule has 0 radical (unpaired) electrons. The van der Waals surface area contributed by atoms with Crippen LogP contribution in [-0.2, 0) is 4.79 Å². The Bertz CT molecular complexity index is 333. The van der Waals surface area contributed by atoms with Crippen LogP contribution in [0.15, 0.2) is 0 Å². The molecule has 2 aliphatic rings. The van der Waals surface area contributed by atoms with Crippen LogP contribution in [0.5, 0.6) is 0 Å². The summed E-state index contributed by atoms with van der Waals surface area (Å²) >= 11 is 0. The third-order valence-electron chi connectivity index (χ3n) is 4.11. The van der Waals surface area contributed by atoms with Gasteiger partial charge in [-0.2, -0.15) is 5.26 Å². The summed E-state index contributed by atoms with van der Waals surface area (Å²) in [4.78, 5) is 16.2. The number of hydrogen-bond donors (Lipinski definition) is 0. The first-order chi connectivity index (χ1) is 8.04. The van der Waals surface area contributed by atoms with Gasteiger partial charge >= 0.3 is 0 Å². The number of piperazine rings is 1. The molecule has 17 heavy (non-hydrogen) atoms. The topological polar surface area (TPSA) is 47.3 Å². The number of carbonyl (C=O) groups is 1. The van der Waals surface area contributed by atoms with Crippen LogP contribution in [0.4, 0.5) is 0 Å². The molecule has 0 bridgehead atoms. The van der Waals surface area contributed by atoms with Crippen LogP contribution in [0, 0.1) is 17.2 Å². The summed E-state index contributed by atoms with van der Waals surface area (Å²) in [7, 11) is 0. The number of nitrogens with zero attached hydrogens (tertiary/aromatic N) is 3. The van der Waals surface area contributed by atoms with Crippen molar-refractivity contribution < 1.29 is 4.79 Å². The lowest BCUT2D eigenvalue weighted by molar-refractivity contribution is -0.140. The minimum Gasteiger partial charge on any atom is -0.340 e. The van der Waals surface area contributed by atoms with Crippen LogP contribution < -0.4 is 0 Å². The SMILES string of the molecule is CC(C)(C#N)N1CCN(C(=O)C2CCC2)CC1. The second kappa shape index (κ2) is 4.66. The van der Waals surface area contributed by atoms with E-state index in [0.29, 0.717) is 11.8 Å². The monoisotopic (exact) mass is 235 g/mol. The van der Waals surface area contributed by atoms with Gasteiger partial charge in [-0.3, -0.25) is 9.69 Å². The summed E-state index contributed by atoms with van der Waals surface area (Å²) in [6, 6.07) is 2.32. The highest BCUT2D eigenvalue weighted by Gasteiger charge is 2.34. The Labute approximate surface area is 103 Å². The molecule has 1 amide bonds. The summed E-state index contributed by atoms with van der Waals surface area (Å²) in [5.41, 5.74) is -0.411. The van der Waals surface area contributed by atoms with Crippen molar-refractivity contribution in [1.29, 1.82) is 5.26 Å². The lowest BCUT2D eigenvalue weighted by Crippen LogP contribution is -2.56. The van der Waals surface area contributed by atoms with E-state index in [9.17, 15) is 4.79 Å². The van der Waals surface area contributed by atoms with E-state index in [2.05, 4.69) is 11.0 Å². The van der Waals surface area contributed by atoms with Crippen molar-refractivity contribution in [3.8, 4) is 6.07 Å². The van der Waals surface area contributed by atoms with Gasteiger partial charge in [0.15, 0.2) is 0 Å². The maximum Gasteiger partial charge on any atom is 0.225 e. The molecule has 0 aromatic carbocycles.